The van der Waals surface area contributed by atoms with Gasteiger partial charge in [0.25, 0.3) is 0 Å². The first kappa shape index (κ1) is 13.1. The fourth-order valence-electron chi connectivity index (χ4n) is 1.24. The van der Waals surface area contributed by atoms with Gasteiger partial charge in [-0.2, -0.15) is 9.40 Å². The zero-order valence-electron chi connectivity index (χ0n) is 9.89. The predicted octanol–water partition coefficient (Wildman–Crippen LogP) is 0.675. The summed E-state index contributed by atoms with van der Waals surface area (Å²) in [7, 11) is -1.62. The molecule has 0 fully saturated rings. The van der Waals surface area contributed by atoms with E-state index in [1.807, 2.05) is 6.92 Å². The molecule has 0 amide bonds. The van der Waals surface area contributed by atoms with Gasteiger partial charge in [-0.3, -0.25) is 5.10 Å². The summed E-state index contributed by atoms with van der Waals surface area (Å²) < 4.78 is 24.8. The fourth-order valence-corrected chi connectivity index (χ4v) is 2.52. The smallest absolute Gasteiger partial charge is 0.214 e. The molecule has 0 atom stereocenters. The Morgan fingerprint density at radius 1 is 1.44 bits per heavy atom. The standard InChI is InChI=1S/C9H18N4O2S/c1-4-5-6-16(14,15)13(3)7-9-10-8(2)11-12-9/h4-7H2,1-3H3,(H,10,11,12). The van der Waals surface area contributed by atoms with Crippen molar-refractivity contribution in [1.29, 1.82) is 0 Å². The highest BCUT2D eigenvalue weighted by molar-refractivity contribution is 7.89. The van der Waals surface area contributed by atoms with Crippen LogP contribution in [-0.2, 0) is 16.6 Å². The molecule has 0 saturated heterocycles. The second-order valence-electron chi connectivity index (χ2n) is 3.76. The summed E-state index contributed by atoms with van der Waals surface area (Å²) in [6.45, 7) is 3.96. The Morgan fingerprint density at radius 2 is 2.12 bits per heavy atom. The van der Waals surface area contributed by atoms with Crippen molar-refractivity contribution in [2.24, 2.45) is 0 Å². The first-order chi connectivity index (χ1) is 7.45. The van der Waals surface area contributed by atoms with Gasteiger partial charge in [0.2, 0.25) is 10.0 Å². The van der Waals surface area contributed by atoms with E-state index >= 15 is 0 Å². The molecule has 0 radical (unpaired) electrons. The lowest BCUT2D eigenvalue weighted by atomic mass is 10.4. The van der Waals surface area contributed by atoms with Crippen molar-refractivity contribution >= 4 is 10.0 Å². The lowest BCUT2D eigenvalue weighted by Crippen LogP contribution is -2.29. The zero-order valence-corrected chi connectivity index (χ0v) is 10.7. The van der Waals surface area contributed by atoms with Gasteiger partial charge in [0.05, 0.1) is 12.3 Å². The van der Waals surface area contributed by atoms with Crippen LogP contribution in [-0.4, -0.2) is 40.7 Å². The normalized spacial score (nSPS) is 12.2. The van der Waals surface area contributed by atoms with Crippen molar-refractivity contribution in [3.8, 4) is 0 Å². The lowest BCUT2D eigenvalue weighted by Gasteiger charge is -2.14. The summed E-state index contributed by atoms with van der Waals surface area (Å²) in [5.41, 5.74) is 0. The SMILES string of the molecule is CCCCS(=O)(=O)N(C)Cc1n[nH]c(C)n1. The molecule has 1 N–H and O–H groups in total. The molecule has 0 spiro atoms. The van der Waals surface area contributed by atoms with Crippen molar-refractivity contribution in [2.45, 2.75) is 33.2 Å². The Labute approximate surface area is 96.1 Å². The summed E-state index contributed by atoms with van der Waals surface area (Å²) in [6, 6.07) is 0. The first-order valence-corrected chi connectivity index (χ1v) is 6.88. The molecule has 1 rings (SSSR count). The number of aryl methyl sites for hydroxylation is 1. The zero-order chi connectivity index (χ0) is 12.2. The molecular weight excluding hydrogens is 228 g/mol. The van der Waals surface area contributed by atoms with Crippen LogP contribution >= 0.6 is 0 Å². The van der Waals surface area contributed by atoms with Crippen molar-refractivity contribution < 1.29 is 8.42 Å². The molecule has 1 heterocycles. The number of hydrogen-bond donors (Lipinski definition) is 1. The Morgan fingerprint density at radius 3 is 2.62 bits per heavy atom. The van der Waals surface area contributed by atoms with E-state index in [4.69, 9.17) is 0 Å². The molecule has 1 aromatic rings. The van der Waals surface area contributed by atoms with Crippen LogP contribution in [0.3, 0.4) is 0 Å². The molecule has 0 aliphatic heterocycles. The van der Waals surface area contributed by atoms with E-state index in [0.29, 0.717) is 18.1 Å². The first-order valence-electron chi connectivity index (χ1n) is 5.27. The van der Waals surface area contributed by atoms with Crippen LogP contribution in [0.1, 0.15) is 31.4 Å². The van der Waals surface area contributed by atoms with Gasteiger partial charge in [0.15, 0.2) is 5.82 Å². The van der Waals surface area contributed by atoms with Crippen LogP contribution in [0.5, 0.6) is 0 Å². The number of nitrogens with zero attached hydrogens (tertiary/aromatic N) is 3. The van der Waals surface area contributed by atoms with Crippen molar-refractivity contribution in [2.75, 3.05) is 12.8 Å². The van der Waals surface area contributed by atoms with E-state index in [1.54, 1.807) is 14.0 Å². The quantitative estimate of drug-likeness (QED) is 0.800. The van der Waals surface area contributed by atoms with E-state index in [-0.39, 0.29) is 12.3 Å². The highest BCUT2D eigenvalue weighted by atomic mass is 32.2. The van der Waals surface area contributed by atoms with Crippen LogP contribution in [0.25, 0.3) is 0 Å². The Kier molecular flexibility index (Phi) is 4.43. The molecule has 0 unspecified atom stereocenters. The van der Waals surface area contributed by atoms with Crippen molar-refractivity contribution in [3.05, 3.63) is 11.6 Å². The molecule has 16 heavy (non-hydrogen) atoms. The van der Waals surface area contributed by atoms with Crippen LogP contribution in [0, 0.1) is 6.92 Å². The minimum absolute atomic E-state index is 0.184. The minimum Gasteiger partial charge on any atom is -0.263 e. The van der Waals surface area contributed by atoms with E-state index in [2.05, 4.69) is 15.2 Å². The lowest BCUT2D eigenvalue weighted by molar-refractivity contribution is 0.455. The number of rotatable bonds is 6. The maximum Gasteiger partial charge on any atom is 0.214 e. The number of aromatic nitrogens is 3. The maximum absolute atomic E-state index is 11.8. The number of H-pyrrole nitrogens is 1. The predicted molar refractivity (Wildman–Crippen MR) is 61.3 cm³/mol. The summed E-state index contributed by atoms with van der Waals surface area (Å²) in [5, 5.41) is 6.59. The molecule has 0 saturated carbocycles. The van der Waals surface area contributed by atoms with Crippen LogP contribution in [0.2, 0.25) is 0 Å². The average molecular weight is 246 g/mol. The highest BCUT2D eigenvalue weighted by Crippen LogP contribution is 2.06. The van der Waals surface area contributed by atoms with Crippen molar-refractivity contribution in [1.82, 2.24) is 19.5 Å². The second-order valence-corrected chi connectivity index (χ2v) is 5.96. The van der Waals surface area contributed by atoms with Gasteiger partial charge >= 0.3 is 0 Å². The highest BCUT2D eigenvalue weighted by Gasteiger charge is 2.18. The summed E-state index contributed by atoms with van der Waals surface area (Å²) in [6.07, 6.45) is 1.55. The van der Waals surface area contributed by atoms with E-state index in [1.165, 1.54) is 4.31 Å². The number of hydrogen-bond acceptors (Lipinski definition) is 4. The molecule has 0 bridgehead atoms. The number of aromatic amines is 1. The monoisotopic (exact) mass is 246 g/mol. The molecule has 0 aromatic carbocycles. The second kappa shape index (κ2) is 5.40. The number of nitrogens with one attached hydrogen (secondary N) is 1. The van der Waals surface area contributed by atoms with Gasteiger partial charge in [-0.25, -0.2) is 13.4 Å². The molecule has 6 nitrogen and oxygen atoms in total. The van der Waals surface area contributed by atoms with Gasteiger partial charge in [0, 0.05) is 7.05 Å². The van der Waals surface area contributed by atoms with E-state index in [0.717, 1.165) is 6.42 Å². The van der Waals surface area contributed by atoms with Crippen LogP contribution in [0.15, 0.2) is 0 Å². The molecular formula is C9H18N4O2S. The van der Waals surface area contributed by atoms with Gasteiger partial charge in [-0.05, 0) is 13.3 Å². The Bertz CT molecular complexity index is 426. The van der Waals surface area contributed by atoms with Gasteiger partial charge < -0.3 is 0 Å². The molecule has 7 heteroatoms. The van der Waals surface area contributed by atoms with E-state index < -0.39 is 10.0 Å². The van der Waals surface area contributed by atoms with Gasteiger partial charge in [-0.15, -0.1) is 0 Å². The third-order valence-corrected chi connectivity index (χ3v) is 4.12. The molecule has 0 aliphatic carbocycles. The van der Waals surface area contributed by atoms with Gasteiger partial charge in [-0.1, -0.05) is 13.3 Å². The summed E-state index contributed by atoms with van der Waals surface area (Å²) in [4.78, 5) is 4.07. The fraction of sp³-hybridized carbons (Fsp3) is 0.778. The van der Waals surface area contributed by atoms with Gasteiger partial charge in [0.1, 0.15) is 5.82 Å². The van der Waals surface area contributed by atoms with E-state index in [9.17, 15) is 8.42 Å². The largest absolute Gasteiger partial charge is 0.263 e. The number of sulfonamides is 1. The summed E-state index contributed by atoms with van der Waals surface area (Å²) in [5.74, 6) is 1.37. The maximum atomic E-state index is 11.8. The van der Waals surface area contributed by atoms with Crippen LogP contribution < -0.4 is 0 Å². The number of unbranched alkanes of at least 4 members (excludes halogenated alkanes) is 1. The summed E-state index contributed by atoms with van der Waals surface area (Å²) >= 11 is 0. The third-order valence-electron chi connectivity index (χ3n) is 2.24. The Hall–Kier alpha value is -0.950. The minimum atomic E-state index is -3.17. The van der Waals surface area contributed by atoms with Crippen molar-refractivity contribution in [3.63, 3.8) is 0 Å². The topological polar surface area (TPSA) is 79.0 Å². The molecule has 0 aliphatic rings. The Balaban J connectivity index is 2.61. The van der Waals surface area contributed by atoms with Crippen LogP contribution in [0.4, 0.5) is 0 Å². The molecule has 92 valence electrons. The third kappa shape index (κ3) is 3.57. The average Bonchev–Trinajstić information content (AvgIpc) is 2.61. The molecule has 1 aromatic heterocycles.